The minimum absolute atomic E-state index is 0.304. The molecule has 0 amide bonds. The molecule has 2 rings (SSSR count). The van der Waals surface area contributed by atoms with Gasteiger partial charge in [0.1, 0.15) is 0 Å². The first-order valence-corrected chi connectivity index (χ1v) is 6.72. The van der Waals surface area contributed by atoms with Crippen LogP contribution in [0.2, 0.25) is 0 Å². The fourth-order valence-corrected chi connectivity index (χ4v) is 2.85. The van der Waals surface area contributed by atoms with E-state index >= 15 is 0 Å². The van der Waals surface area contributed by atoms with Crippen molar-refractivity contribution in [3.8, 4) is 0 Å². The Bertz CT molecular complexity index is 361. The molecule has 0 heterocycles. The lowest BCUT2D eigenvalue weighted by atomic mass is 9.79. The third-order valence-corrected chi connectivity index (χ3v) is 4.10. The van der Waals surface area contributed by atoms with Crippen molar-refractivity contribution in [2.24, 2.45) is 11.8 Å². The lowest BCUT2D eigenvalue weighted by molar-refractivity contribution is 0.261. The van der Waals surface area contributed by atoms with Gasteiger partial charge in [0.15, 0.2) is 0 Å². The highest BCUT2D eigenvalue weighted by Crippen LogP contribution is 2.35. The van der Waals surface area contributed by atoms with Crippen LogP contribution in [0.15, 0.2) is 22.7 Å². The molecule has 0 radical (unpaired) electrons. The van der Waals surface area contributed by atoms with Gasteiger partial charge in [0.2, 0.25) is 0 Å². The molecule has 3 N–H and O–H groups in total. The molecular formula is C13H19BrN2. The number of halogens is 1. The van der Waals surface area contributed by atoms with E-state index in [1.807, 2.05) is 0 Å². The van der Waals surface area contributed by atoms with Crippen LogP contribution < -0.4 is 11.3 Å². The van der Waals surface area contributed by atoms with Crippen LogP contribution in [0.4, 0.5) is 0 Å². The molecule has 1 aromatic rings. The lowest BCUT2D eigenvalue weighted by Gasteiger charge is -2.30. The molecule has 1 aliphatic carbocycles. The molecule has 88 valence electrons. The van der Waals surface area contributed by atoms with E-state index < -0.39 is 0 Å². The van der Waals surface area contributed by atoms with E-state index in [0.717, 1.165) is 10.4 Å². The Kier molecular flexibility index (Phi) is 4.00. The maximum Gasteiger partial charge on any atom is 0.0465 e. The molecule has 1 aliphatic rings. The molecule has 1 fully saturated rings. The van der Waals surface area contributed by atoms with Gasteiger partial charge >= 0.3 is 0 Å². The van der Waals surface area contributed by atoms with Gasteiger partial charge in [-0.3, -0.25) is 11.3 Å². The summed E-state index contributed by atoms with van der Waals surface area (Å²) in [5.74, 6) is 6.54. The van der Waals surface area contributed by atoms with Crippen molar-refractivity contribution >= 4 is 15.9 Å². The lowest BCUT2D eigenvalue weighted by Crippen LogP contribution is -2.31. The molecular weight excluding hydrogens is 264 g/mol. The van der Waals surface area contributed by atoms with Crippen LogP contribution in [0.1, 0.15) is 42.9 Å². The average Bonchev–Trinajstić information content (AvgIpc) is 2.18. The van der Waals surface area contributed by atoms with Crippen molar-refractivity contribution in [2.75, 3.05) is 0 Å². The van der Waals surface area contributed by atoms with E-state index in [0.29, 0.717) is 6.04 Å². The number of rotatable bonds is 4. The van der Waals surface area contributed by atoms with Gasteiger partial charge in [-0.05, 0) is 42.5 Å². The molecule has 2 nitrogen and oxygen atoms in total. The van der Waals surface area contributed by atoms with Crippen molar-refractivity contribution in [3.63, 3.8) is 0 Å². The molecule has 0 aliphatic heterocycles. The van der Waals surface area contributed by atoms with Gasteiger partial charge in [-0.1, -0.05) is 41.3 Å². The molecule has 1 aromatic carbocycles. The molecule has 16 heavy (non-hydrogen) atoms. The molecule has 0 bridgehead atoms. The van der Waals surface area contributed by atoms with Crippen LogP contribution in [0.5, 0.6) is 0 Å². The van der Waals surface area contributed by atoms with Crippen molar-refractivity contribution in [3.05, 3.63) is 33.8 Å². The zero-order chi connectivity index (χ0) is 11.5. The van der Waals surface area contributed by atoms with Crippen LogP contribution in [0.3, 0.4) is 0 Å². The molecule has 1 unspecified atom stereocenters. The average molecular weight is 283 g/mol. The first-order valence-electron chi connectivity index (χ1n) is 5.93. The highest BCUT2D eigenvalue weighted by Gasteiger charge is 2.23. The summed E-state index contributed by atoms with van der Waals surface area (Å²) in [7, 11) is 0. The first kappa shape index (κ1) is 12.1. The third-order valence-electron chi connectivity index (χ3n) is 3.60. The number of hydrogen-bond acceptors (Lipinski definition) is 2. The second kappa shape index (κ2) is 5.30. The van der Waals surface area contributed by atoms with Gasteiger partial charge in [0.25, 0.3) is 0 Å². The fourth-order valence-electron chi connectivity index (χ4n) is 2.38. The van der Waals surface area contributed by atoms with Crippen LogP contribution in [0.25, 0.3) is 0 Å². The summed E-state index contributed by atoms with van der Waals surface area (Å²) in [5.41, 5.74) is 5.60. The van der Waals surface area contributed by atoms with Crippen LogP contribution >= 0.6 is 15.9 Å². The Morgan fingerprint density at radius 2 is 2.25 bits per heavy atom. The summed E-state index contributed by atoms with van der Waals surface area (Å²) < 4.78 is 1.13. The summed E-state index contributed by atoms with van der Waals surface area (Å²) in [6.45, 7) is 2.14. The normalized spacial score (nSPS) is 18.2. The SMILES string of the molecule is Cc1cc(Br)ccc1C(CC1CCC1)NN. The van der Waals surface area contributed by atoms with Crippen LogP contribution in [-0.4, -0.2) is 0 Å². The summed E-state index contributed by atoms with van der Waals surface area (Å²) in [5, 5.41) is 0. The Labute approximate surface area is 106 Å². The van der Waals surface area contributed by atoms with E-state index in [2.05, 4.69) is 46.5 Å². The van der Waals surface area contributed by atoms with E-state index in [1.54, 1.807) is 0 Å². The van der Waals surface area contributed by atoms with E-state index in [-0.39, 0.29) is 0 Å². The van der Waals surface area contributed by atoms with Crippen LogP contribution in [0, 0.1) is 12.8 Å². The molecule has 1 atom stereocenters. The smallest absolute Gasteiger partial charge is 0.0465 e. The van der Waals surface area contributed by atoms with Gasteiger partial charge in [-0.15, -0.1) is 0 Å². The minimum Gasteiger partial charge on any atom is -0.271 e. The third kappa shape index (κ3) is 2.65. The number of hydrogen-bond donors (Lipinski definition) is 2. The Morgan fingerprint density at radius 3 is 2.75 bits per heavy atom. The Morgan fingerprint density at radius 1 is 1.50 bits per heavy atom. The minimum atomic E-state index is 0.304. The second-order valence-corrected chi connectivity index (χ2v) is 5.67. The zero-order valence-corrected chi connectivity index (χ0v) is 11.3. The number of nitrogens with two attached hydrogens (primary N) is 1. The van der Waals surface area contributed by atoms with Gasteiger partial charge in [0, 0.05) is 10.5 Å². The van der Waals surface area contributed by atoms with Crippen molar-refractivity contribution in [2.45, 2.75) is 38.6 Å². The summed E-state index contributed by atoms with van der Waals surface area (Å²) in [4.78, 5) is 0. The van der Waals surface area contributed by atoms with Gasteiger partial charge in [-0.2, -0.15) is 0 Å². The zero-order valence-electron chi connectivity index (χ0n) is 9.67. The van der Waals surface area contributed by atoms with Crippen LogP contribution in [-0.2, 0) is 0 Å². The quantitative estimate of drug-likeness (QED) is 0.656. The topological polar surface area (TPSA) is 38.0 Å². The number of hydrazine groups is 1. The predicted octanol–water partition coefficient (Wildman–Crippen LogP) is 3.45. The maximum atomic E-state index is 5.68. The van der Waals surface area contributed by atoms with E-state index in [4.69, 9.17) is 5.84 Å². The van der Waals surface area contributed by atoms with Gasteiger partial charge in [-0.25, -0.2) is 0 Å². The molecule has 0 aromatic heterocycles. The number of nitrogens with one attached hydrogen (secondary N) is 1. The number of aryl methyl sites for hydroxylation is 1. The first-order chi connectivity index (χ1) is 7.70. The van der Waals surface area contributed by atoms with Crippen molar-refractivity contribution in [1.29, 1.82) is 0 Å². The summed E-state index contributed by atoms with van der Waals surface area (Å²) >= 11 is 3.49. The highest BCUT2D eigenvalue weighted by molar-refractivity contribution is 9.10. The Hall–Kier alpha value is -0.380. The van der Waals surface area contributed by atoms with E-state index in [9.17, 15) is 0 Å². The van der Waals surface area contributed by atoms with Crippen molar-refractivity contribution < 1.29 is 0 Å². The fraction of sp³-hybridized carbons (Fsp3) is 0.538. The largest absolute Gasteiger partial charge is 0.271 e. The monoisotopic (exact) mass is 282 g/mol. The molecule has 0 spiro atoms. The highest BCUT2D eigenvalue weighted by atomic mass is 79.9. The maximum absolute atomic E-state index is 5.68. The second-order valence-electron chi connectivity index (χ2n) is 4.75. The van der Waals surface area contributed by atoms with E-state index in [1.165, 1.54) is 36.8 Å². The van der Waals surface area contributed by atoms with Crippen molar-refractivity contribution in [1.82, 2.24) is 5.43 Å². The summed E-state index contributed by atoms with van der Waals surface area (Å²) in [6.07, 6.45) is 5.29. The summed E-state index contributed by atoms with van der Waals surface area (Å²) in [6, 6.07) is 6.72. The molecule has 1 saturated carbocycles. The number of benzene rings is 1. The predicted molar refractivity (Wildman–Crippen MR) is 70.9 cm³/mol. The van der Waals surface area contributed by atoms with Gasteiger partial charge in [0.05, 0.1) is 0 Å². The molecule has 0 saturated heterocycles. The molecule has 3 heteroatoms. The Balaban J connectivity index is 2.11. The van der Waals surface area contributed by atoms with Gasteiger partial charge < -0.3 is 0 Å². The standard InChI is InChI=1S/C13H19BrN2/c1-9-7-11(14)5-6-12(9)13(16-15)8-10-3-2-4-10/h5-7,10,13,16H,2-4,8,15H2,1H3.